The third kappa shape index (κ3) is 5.81. The van der Waals surface area contributed by atoms with Crippen molar-refractivity contribution in [2.45, 2.75) is 45.3 Å². The summed E-state index contributed by atoms with van der Waals surface area (Å²) in [6, 6.07) is -0.0939. The van der Waals surface area contributed by atoms with Crippen LogP contribution in [0, 0.1) is 0 Å². The van der Waals surface area contributed by atoms with E-state index in [0.717, 1.165) is 0 Å². The molecule has 4 nitrogen and oxygen atoms in total. The van der Waals surface area contributed by atoms with Gasteiger partial charge in [-0.25, -0.2) is 13.6 Å². The summed E-state index contributed by atoms with van der Waals surface area (Å²) in [6.07, 6.45) is -2.12. The van der Waals surface area contributed by atoms with Crippen molar-refractivity contribution in [3.05, 3.63) is 0 Å². The number of ether oxygens (including phenoxy) is 1. The van der Waals surface area contributed by atoms with Crippen molar-refractivity contribution in [1.82, 2.24) is 10.2 Å². The zero-order valence-electron chi connectivity index (χ0n) is 10.5. The Balaban J connectivity index is 2.28. The maximum atomic E-state index is 12.1. The molecule has 0 spiro atoms. The standard InChI is InChI=1S/C11H20F2N2O2/c1-11(2,3)17-10(16)14-8-4-5-15(6-8)7-9(12)13/h8-9H,4-7H2,1-3H3,(H,14,16)/t8-/m0/s1. The molecule has 1 rings (SSSR count). The van der Waals surface area contributed by atoms with Crippen molar-refractivity contribution >= 4 is 6.09 Å². The molecule has 1 saturated heterocycles. The largest absolute Gasteiger partial charge is 0.444 e. The summed E-state index contributed by atoms with van der Waals surface area (Å²) in [5, 5.41) is 2.69. The third-order valence-corrected chi connectivity index (χ3v) is 2.39. The SMILES string of the molecule is CC(C)(C)OC(=O)N[C@H]1CCN(CC(F)F)C1. The maximum absolute atomic E-state index is 12.1. The summed E-state index contributed by atoms with van der Waals surface area (Å²) in [5.41, 5.74) is -0.536. The number of hydrogen-bond acceptors (Lipinski definition) is 3. The predicted octanol–water partition coefficient (Wildman–Crippen LogP) is 1.85. The maximum Gasteiger partial charge on any atom is 0.407 e. The van der Waals surface area contributed by atoms with Gasteiger partial charge in [0, 0.05) is 19.1 Å². The topological polar surface area (TPSA) is 41.6 Å². The second-order valence-corrected chi connectivity index (χ2v) is 5.28. The summed E-state index contributed by atoms with van der Waals surface area (Å²) in [6.45, 7) is 6.17. The van der Waals surface area contributed by atoms with Crippen LogP contribution in [0.5, 0.6) is 0 Å². The van der Waals surface area contributed by atoms with Crippen LogP contribution in [0.4, 0.5) is 13.6 Å². The van der Waals surface area contributed by atoms with Crippen LogP contribution in [-0.2, 0) is 4.74 Å². The molecule has 6 heteroatoms. The molecule has 0 unspecified atom stereocenters. The molecule has 1 aliphatic heterocycles. The number of alkyl carbamates (subject to hydrolysis) is 1. The van der Waals surface area contributed by atoms with Crippen LogP contribution in [0.3, 0.4) is 0 Å². The lowest BCUT2D eigenvalue weighted by Gasteiger charge is -2.22. The number of hydrogen-bond donors (Lipinski definition) is 1. The van der Waals surface area contributed by atoms with E-state index in [-0.39, 0.29) is 12.6 Å². The minimum absolute atomic E-state index is 0.0939. The smallest absolute Gasteiger partial charge is 0.407 e. The molecule has 0 bridgehead atoms. The lowest BCUT2D eigenvalue weighted by Crippen LogP contribution is -2.41. The number of halogens is 2. The van der Waals surface area contributed by atoms with E-state index in [4.69, 9.17) is 4.74 Å². The van der Waals surface area contributed by atoms with Crippen molar-refractivity contribution in [3.63, 3.8) is 0 Å². The van der Waals surface area contributed by atoms with Gasteiger partial charge in [0.1, 0.15) is 5.60 Å². The monoisotopic (exact) mass is 250 g/mol. The fourth-order valence-corrected chi connectivity index (χ4v) is 1.79. The molecule has 1 atom stereocenters. The molecule has 0 radical (unpaired) electrons. The highest BCUT2D eigenvalue weighted by Gasteiger charge is 2.27. The molecular formula is C11H20F2N2O2. The number of rotatable bonds is 3. The normalized spacial score (nSPS) is 21.9. The first-order valence-corrected chi connectivity index (χ1v) is 5.76. The lowest BCUT2D eigenvalue weighted by molar-refractivity contribution is 0.0503. The number of nitrogens with zero attached hydrogens (tertiary/aromatic N) is 1. The highest BCUT2D eigenvalue weighted by atomic mass is 19.3. The van der Waals surface area contributed by atoms with E-state index >= 15 is 0 Å². The van der Waals surface area contributed by atoms with Crippen LogP contribution in [0.1, 0.15) is 27.2 Å². The van der Waals surface area contributed by atoms with E-state index in [1.807, 2.05) is 0 Å². The van der Waals surface area contributed by atoms with Crippen LogP contribution >= 0.6 is 0 Å². The number of carbonyl (C=O) groups excluding carboxylic acids is 1. The number of likely N-dealkylation sites (tertiary alicyclic amines) is 1. The number of alkyl halides is 2. The fraction of sp³-hybridized carbons (Fsp3) is 0.909. The Labute approximate surface area is 100 Å². The molecular weight excluding hydrogens is 230 g/mol. The average Bonchev–Trinajstić information content (AvgIpc) is 2.46. The van der Waals surface area contributed by atoms with Gasteiger partial charge in [-0.2, -0.15) is 0 Å². The second-order valence-electron chi connectivity index (χ2n) is 5.28. The highest BCUT2D eigenvalue weighted by molar-refractivity contribution is 5.68. The average molecular weight is 250 g/mol. The van der Waals surface area contributed by atoms with Crippen LogP contribution in [0.25, 0.3) is 0 Å². The minimum Gasteiger partial charge on any atom is -0.444 e. The van der Waals surface area contributed by atoms with Crippen molar-refractivity contribution < 1.29 is 18.3 Å². The van der Waals surface area contributed by atoms with Gasteiger partial charge in [-0.1, -0.05) is 0 Å². The second kappa shape index (κ2) is 5.62. The Morgan fingerprint density at radius 3 is 2.71 bits per heavy atom. The zero-order valence-corrected chi connectivity index (χ0v) is 10.5. The van der Waals surface area contributed by atoms with E-state index in [1.165, 1.54) is 0 Å². The van der Waals surface area contributed by atoms with Gasteiger partial charge in [0.25, 0.3) is 6.43 Å². The summed E-state index contributed by atoms with van der Waals surface area (Å²) in [5.74, 6) is 0. The Morgan fingerprint density at radius 2 is 2.18 bits per heavy atom. The zero-order chi connectivity index (χ0) is 13.1. The third-order valence-electron chi connectivity index (χ3n) is 2.39. The Kier molecular flexibility index (Phi) is 4.68. The molecule has 0 aromatic heterocycles. The lowest BCUT2D eigenvalue weighted by atomic mass is 10.2. The molecule has 1 amide bonds. The van der Waals surface area contributed by atoms with Gasteiger partial charge in [0.2, 0.25) is 0 Å². The first-order chi connectivity index (χ1) is 7.76. The predicted molar refractivity (Wildman–Crippen MR) is 60.2 cm³/mol. The summed E-state index contributed by atoms with van der Waals surface area (Å²) >= 11 is 0. The molecule has 100 valence electrons. The van der Waals surface area contributed by atoms with E-state index in [9.17, 15) is 13.6 Å². The van der Waals surface area contributed by atoms with E-state index in [2.05, 4.69) is 5.32 Å². The number of nitrogens with one attached hydrogen (secondary N) is 1. The first-order valence-electron chi connectivity index (χ1n) is 5.76. The van der Waals surface area contributed by atoms with Crippen molar-refractivity contribution in [1.29, 1.82) is 0 Å². The Morgan fingerprint density at radius 1 is 1.53 bits per heavy atom. The molecule has 1 aliphatic rings. The van der Waals surface area contributed by atoms with Crippen LogP contribution in [0.2, 0.25) is 0 Å². The summed E-state index contributed by atoms with van der Waals surface area (Å²) < 4.78 is 29.4. The van der Waals surface area contributed by atoms with Crippen molar-refractivity contribution in [3.8, 4) is 0 Å². The van der Waals surface area contributed by atoms with Gasteiger partial charge < -0.3 is 10.1 Å². The van der Waals surface area contributed by atoms with Crippen molar-refractivity contribution in [2.24, 2.45) is 0 Å². The van der Waals surface area contributed by atoms with E-state index in [1.54, 1.807) is 25.7 Å². The van der Waals surface area contributed by atoms with Gasteiger partial charge in [0.05, 0.1) is 6.54 Å². The summed E-state index contributed by atoms with van der Waals surface area (Å²) in [7, 11) is 0. The summed E-state index contributed by atoms with van der Waals surface area (Å²) in [4.78, 5) is 13.1. The fourth-order valence-electron chi connectivity index (χ4n) is 1.79. The van der Waals surface area contributed by atoms with Crippen LogP contribution in [-0.4, -0.2) is 48.7 Å². The molecule has 1 N–H and O–H groups in total. The molecule has 17 heavy (non-hydrogen) atoms. The van der Waals surface area contributed by atoms with E-state index < -0.39 is 18.1 Å². The molecule has 0 aromatic carbocycles. The van der Waals surface area contributed by atoms with Crippen LogP contribution in [0.15, 0.2) is 0 Å². The molecule has 1 heterocycles. The van der Waals surface area contributed by atoms with Gasteiger partial charge in [0.15, 0.2) is 0 Å². The van der Waals surface area contributed by atoms with Crippen molar-refractivity contribution in [2.75, 3.05) is 19.6 Å². The molecule has 0 aliphatic carbocycles. The van der Waals surface area contributed by atoms with Gasteiger partial charge in [-0.05, 0) is 27.2 Å². The minimum atomic E-state index is -2.32. The van der Waals surface area contributed by atoms with Gasteiger partial charge in [-0.3, -0.25) is 4.90 Å². The number of carbonyl (C=O) groups is 1. The van der Waals surface area contributed by atoms with E-state index in [0.29, 0.717) is 19.5 Å². The van der Waals surface area contributed by atoms with Crippen LogP contribution < -0.4 is 5.32 Å². The first kappa shape index (κ1) is 14.2. The highest BCUT2D eigenvalue weighted by Crippen LogP contribution is 2.12. The Hall–Kier alpha value is -0.910. The molecule has 0 aromatic rings. The van der Waals surface area contributed by atoms with Gasteiger partial charge >= 0.3 is 6.09 Å². The van der Waals surface area contributed by atoms with Gasteiger partial charge in [-0.15, -0.1) is 0 Å². The number of amides is 1. The quantitative estimate of drug-likeness (QED) is 0.831. The molecule has 1 fully saturated rings. The molecule has 0 saturated carbocycles. The Bertz CT molecular complexity index is 267.